The van der Waals surface area contributed by atoms with E-state index in [-0.39, 0.29) is 23.6 Å². The van der Waals surface area contributed by atoms with Gasteiger partial charge in [-0.2, -0.15) is 5.26 Å². The molecular weight excluding hydrogens is 548 g/mol. The molecular formula is C28H25F2N9O3. The molecule has 0 unspecified atom stereocenters. The minimum atomic E-state index is -3.12. The zero-order valence-electron chi connectivity index (χ0n) is 22.9. The molecule has 42 heavy (non-hydrogen) atoms. The normalized spacial score (nSPS) is 16.7. The predicted octanol–water partition coefficient (Wildman–Crippen LogP) is 4.51. The van der Waals surface area contributed by atoms with Gasteiger partial charge >= 0.3 is 0 Å². The number of methoxy groups -OCH3 is 1. The Hall–Kier alpha value is -5.16. The molecule has 5 heterocycles. The summed E-state index contributed by atoms with van der Waals surface area (Å²) in [5, 5.41) is 21.2. The van der Waals surface area contributed by atoms with Crippen LogP contribution in [0.15, 0.2) is 49.3 Å². The molecule has 0 radical (unpaired) electrons. The number of nitrogens with one attached hydrogen (secondary N) is 1. The van der Waals surface area contributed by atoms with Crippen molar-refractivity contribution in [1.82, 2.24) is 34.4 Å². The zero-order chi connectivity index (χ0) is 29.4. The highest BCUT2D eigenvalue weighted by atomic mass is 19.3. The van der Waals surface area contributed by atoms with Crippen LogP contribution in [0.2, 0.25) is 0 Å². The van der Waals surface area contributed by atoms with Crippen molar-refractivity contribution < 1.29 is 23.0 Å². The molecule has 1 aliphatic heterocycles. The Kier molecular flexibility index (Phi) is 6.87. The Morgan fingerprint density at radius 1 is 1.17 bits per heavy atom. The lowest BCUT2D eigenvalue weighted by atomic mass is 10.0. The second-order valence-corrected chi connectivity index (χ2v) is 9.94. The minimum absolute atomic E-state index is 0.00936. The maximum Gasteiger partial charge on any atom is 0.296 e. The molecule has 1 aliphatic rings. The van der Waals surface area contributed by atoms with E-state index in [1.807, 2.05) is 13.0 Å². The summed E-state index contributed by atoms with van der Waals surface area (Å²) in [4.78, 5) is 14.3. The molecule has 1 fully saturated rings. The smallest absolute Gasteiger partial charge is 0.296 e. The van der Waals surface area contributed by atoms with Gasteiger partial charge in [0.1, 0.15) is 18.1 Å². The van der Waals surface area contributed by atoms with Crippen LogP contribution < -0.4 is 19.5 Å². The Labute approximate surface area is 238 Å². The number of benzene rings is 1. The Balaban J connectivity index is 1.37. The van der Waals surface area contributed by atoms with Gasteiger partial charge in [-0.1, -0.05) is 0 Å². The highest BCUT2D eigenvalue weighted by molar-refractivity contribution is 6.01. The van der Waals surface area contributed by atoms with E-state index < -0.39 is 18.6 Å². The Morgan fingerprint density at radius 3 is 2.79 bits per heavy atom. The van der Waals surface area contributed by atoms with Crippen LogP contribution in [-0.2, 0) is 0 Å². The maximum absolute atomic E-state index is 15.0. The van der Waals surface area contributed by atoms with Crippen molar-refractivity contribution in [2.45, 2.75) is 25.4 Å². The monoisotopic (exact) mass is 573 g/mol. The number of alkyl halides is 2. The first-order valence-electron chi connectivity index (χ1n) is 13.0. The van der Waals surface area contributed by atoms with Crippen LogP contribution in [0.25, 0.3) is 16.7 Å². The van der Waals surface area contributed by atoms with E-state index in [4.69, 9.17) is 14.2 Å². The average Bonchev–Trinajstić information content (AvgIpc) is 3.44. The van der Waals surface area contributed by atoms with Gasteiger partial charge in [0, 0.05) is 24.8 Å². The topological polar surface area (TPSA) is 136 Å². The molecule has 12 nitrogen and oxygen atoms in total. The minimum Gasteiger partial charge on any atom is -0.478 e. The number of aryl methyl sites for hydroxylation is 1. The van der Waals surface area contributed by atoms with Gasteiger partial charge in [0.25, 0.3) is 17.6 Å². The summed E-state index contributed by atoms with van der Waals surface area (Å²) >= 11 is 0. The number of fused-ring (bicyclic) bond motifs is 2. The van der Waals surface area contributed by atoms with Crippen molar-refractivity contribution >= 4 is 28.1 Å². The van der Waals surface area contributed by atoms with Crippen LogP contribution in [0.3, 0.4) is 0 Å². The Morgan fingerprint density at radius 2 is 2.02 bits per heavy atom. The molecule has 4 aromatic heterocycles. The first-order valence-corrected chi connectivity index (χ1v) is 13.0. The van der Waals surface area contributed by atoms with Gasteiger partial charge in [0.15, 0.2) is 17.6 Å². The molecule has 1 aromatic carbocycles. The van der Waals surface area contributed by atoms with E-state index in [2.05, 4.69) is 36.5 Å². The number of pyridine rings is 2. The van der Waals surface area contributed by atoms with Crippen LogP contribution >= 0.6 is 0 Å². The number of nitriles is 1. The van der Waals surface area contributed by atoms with Gasteiger partial charge in [-0.3, -0.25) is 9.38 Å². The lowest BCUT2D eigenvalue weighted by Crippen LogP contribution is -2.52. The van der Waals surface area contributed by atoms with E-state index >= 15 is 0 Å². The molecule has 1 saturated heterocycles. The van der Waals surface area contributed by atoms with E-state index in [9.17, 15) is 14.0 Å². The summed E-state index contributed by atoms with van der Waals surface area (Å²) in [6.45, 7) is 1.86. The second-order valence-electron chi connectivity index (χ2n) is 9.94. The third-order valence-corrected chi connectivity index (χ3v) is 6.93. The third-order valence-electron chi connectivity index (χ3n) is 6.93. The van der Waals surface area contributed by atoms with Crippen molar-refractivity contribution in [3.8, 4) is 29.2 Å². The number of anilines is 2. The molecule has 0 spiro atoms. The van der Waals surface area contributed by atoms with Crippen molar-refractivity contribution in [3.63, 3.8) is 0 Å². The van der Waals surface area contributed by atoms with Crippen molar-refractivity contribution in [2.24, 2.45) is 0 Å². The fourth-order valence-electron chi connectivity index (χ4n) is 4.86. The number of hydrogen-bond acceptors (Lipinski definition) is 11. The highest BCUT2D eigenvalue weighted by Gasteiger charge is 2.46. The van der Waals surface area contributed by atoms with Gasteiger partial charge in [-0.05, 0) is 37.7 Å². The van der Waals surface area contributed by atoms with Crippen LogP contribution in [0.5, 0.6) is 23.1 Å². The van der Waals surface area contributed by atoms with Crippen molar-refractivity contribution in [2.75, 3.05) is 32.6 Å². The molecule has 1 N–H and O–H groups in total. The SMILES string of the molecule is COc1ncc2ncc(C#N)c(Nc3ccc(Oc4cnc5nncn5c4)c(C)c3)c2c1O[C@H]1CCN(C)CC1(F)F. The number of halogens is 2. The van der Waals surface area contributed by atoms with Crippen LogP contribution in [0, 0.1) is 18.3 Å². The maximum atomic E-state index is 15.0. The van der Waals surface area contributed by atoms with Gasteiger partial charge in [0.2, 0.25) is 0 Å². The summed E-state index contributed by atoms with van der Waals surface area (Å²) in [5.74, 6) is -1.60. The lowest BCUT2D eigenvalue weighted by molar-refractivity contribution is -0.135. The average molecular weight is 574 g/mol. The summed E-state index contributed by atoms with van der Waals surface area (Å²) in [6, 6.07) is 7.49. The fourth-order valence-corrected chi connectivity index (χ4v) is 4.86. The summed E-state index contributed by atoms with van der Waals surface area (Å²) in [7, 11) is 3.02. The van der Waals surface area contributed by atoms with E-state index in [1.165, 1.54) is 25.8 Å². The van der Waals surface area contributed by atoms with Gasteiger partial charge in [-0.25, -0.2) is 18.7 Å². The van der Waals surface area contributed by atoms with Gasteiger partial charge in [-0.15, -0.1) is 10.2 Å². The van der Waals surface area contributed by atoms with Crippen LogP contribution in [0.4, 0.5) is 20.2 Å². The molecule has 0 amide bonds. The molecule has 6 rings (SSSR count). The number of ether oxygens (including phenoxy) is 3. The Bertz CT molecular complexity index is 1840. The number of rotatable bonds is 7. The van der Waals surface area contributed by atoms with Crippen LogP contribution in [0.1, 0.15) is 17.5 Å². The molecule has 5 aromatic rings. The zero-order valence-corrected chi connectivity index (χ0v) is 22.9. The highest BCUT2D eigenvalue weighted by Crippen LogP contribution is 2.43. The molecule has 1 atom stereocenters. The van der Waals surface area contributed by atoms with Crippen molar-refractivity contribution in [3.05, 3.63) is 60.4 Å². The molecule has 0 aliphatic carbocycles. The number of aromatic nitrogens is 6. The number of nitrogens with zero attached hydrogens (tertiary/aromatic N) is 8. The first-order chi connectivity index (χ1) is 20.3. The van der Waals surface area contributed by atoms with Crippen LogP contribution in [-0.4, -0.2) is 73.7 Å². The second kappa shape index (κ2) is 10.7. The number of likely N-dealkylation sites (tertiary alicyclic amines) is 1. The predicted molar refractivity (Wildman–Crippen MR) is 148 cm³/mol. The van der Waals surface area contributed by atoms with E-state index in [0.29, 0.717) is 46.1 Å². The number of hydrogen-bond donors (Lipinski definition) is 1. The van der Waals surface area contributed by atoms with Gasteiger partial charge in [0.05, 0.1) is 54.4 Å². The number of piperidine rings is 1. The molecule has 214 valence electrons. The lowest BCUT2D eigenvalue weighted by Gasteiger charge is -2.36. The van der Waals surface area contributed by atoms with Crippen molar-refractivity contribution in [1.29, 1.82) is 5.26 Å². The van der Waals surface area contributed by atoms with E-state index in [0.717, 1.165) is 5.56 Å². The van der Waals surface area contributed by atoms with Gasteiger partial charge < -0.3 is 24.4 Å². The molecule has 14 heteroatoms. The molecule has 0 bridgehead atoms. The standard InChI is InChI=1S/C28H25F2N9O3/c1-16-8-18(4-5-21(16)41-19-11-34-27-37-35-15-39(27)13-19)36-24-17(9-31)10-32-20-12-33-26(40-3)25(23(20)24)42-22-6-7-38(2)14-28(22,29)30/h4-5,8,10-13,15,22H,6-7,14H2,1-3H3,(H,32,36)/t22-/m0/s1. The first kappa shape index (κ1) is 27.0. The largest absolute Gasteiger partial charge is 0.478 e. The third kappa shape index (κ3) is 5.06. The van der Waals surface area contributed by atoms with E-state index in [1.54, 1.807) is 40.9 Å². The quantitative estimate of drug-likeness (QED) is 0.295. The summed E-state index contributed by atoms with van der Waals surface area (Å²) < 4.78 is 49.0. The fraction of sp³-hybridized carbons (Fsp3) is 0.286. The summed E-state index contributed by atoms with van der Waals surface area (Å²) in [6.07, 6.45) is 6.31. The summed E-state index contributed by atoms with van der Waals surface area (Å²) in [5.41, 5.74) is 2.24. The molecule has 0 saturated carbocycles.